The van der Waals surface area contributed by atoms with Crippen molar-refractivity contribution in [2.45, 2.75) is 56.4 Å². The van der Waals surface area contributed by atoms with Crippen LogP contribution in [0.4, 0.5) is 5.82 Å². The molecule has 1 aliphatic carbocycles. The van der Waals surface area contributed by atoms with Gasteiger partial charge in [0, 0.05) is 35.8 Å². The summed E-state index contributed by atoms with van der Waals surface area (Å²) < 4.78 is 5.65. The zero-order valence-electron chi connectivity index (χ0n) is 19.2. The van der Waals surface area contributed by atoms with Crippen molar-refractivity contribution in [2.75, 3.05) is 30.4 Å². The Morgan fingerprint density at radius 2 is 2.09 bits per heavy atom. The van der Waals surface area contributed by atoms with E-state index < -0.39 is 0 Å². The van der Waals surface area contributed by atoms with Crippen molar-refractivity contribution in [3.63, 3.8) is 0 Å². The van der Waals surface area contributed by atoms with E-state index in [4.69, 9.17) is 32.0 Å². The molecule has 2 unspecified atom stereocenters. The van der Waals surface area contributed by atoms with E-state index in [1.807, 2.05) is 30.1 Å². The number of morpholine rings is 1. The maximum Gasteiger partial charge on any atom is 0.162 e. The number of nitrogens with zero attached hydrogens (tertiary/aromatic N) is 4. The zero-order chi connectivity index (χ0) is 23.0. The number of nitrogens with one attached hydrogen (secondary N) is 1. The van der Waals surface area contributed by atoms with Crippen LogP contribution >= 0.6 is 23.4 Å². The second kappa shape index (κ2) is 9.41. The molecule has 3 fully saturated rings. The van der Waals surface area contributed by atoms with Gasteiger partial charge in [0.1, 0.15) is 16.6 Å². The molecule has 1 saturated carbocycles. The minimum absolute atomic E-state index is 0.00997. The molecule has 2 atom stereocenters. The molecule has 0 aromatic carbocycles. The third kappa shape index (κ3) is 4.99. The summed E-state index contributed by atoms with van der Waals surface area (Å²) in [5, 5.41) is 1.42. The van der Waals surface area contributed by atoms with E-state index in [1.54, 1.807) is 0 Å². The fraction of sp³-hybridized carbons (Fsp3) is 0.542. The summed E-state index contributed by atoms with van der Waals surface area (Å²) in [6.45, 7) is 6.74. The monoisotopic (exact) mass is 486 g/mol. The number of ether oxygens (including phenoxy) is 1. The first-order valence-electron chi connectivity index (χ1n) is 11.7. The molecule has 6 rings (SSSR count). The second-order valence-corrected chi connectivity index (χ2v) is 11.3. The third-order valence-electron chi connectivity index (χ3n) is 6.50. The van der Waals surface area contributed by atoms with Crippen molar-refractivity contribution in [1.29, 1.82) is 0 Å². The summed E-state index contributed by atoms with van der Waals surface area (Å²) in [6.07, 6.45) is 6.75. The first-order chi connectivity index (χ1) is 15.9. The summed E-state index contributed by atoms with van der Waals surface area (Å²) in [6, 6.07) is 6.91. The minimum Gasteiger partial charge on any atom is -0.377 e. The van der Waals surface area contributed by atoms with Crippen molar-refractivity contribution in [3.05, 3.63) is 35.2 Å². The molecule has 7 nitrogen and oxygen atoms in total. The number of hydrogen-bond donors (Lipinski definition) is 2. The molecule has 0 bridgehead atoms. The van der Waals surface area contributed by atoms with Gasteiger partial charge in [-0.1, -0.05) is 11.6 Å². The molecule has 3 aromatic rings. The van der Waals surface area contributed by atoms with Crippen LogP contribution in [0.3, 0.4) is 0 Å². The molecule has 176 valence electrons. The van der Waals surface area contributed by atoms with E-state index in [1.165, 1.54) is 25.0 Å². The van der Waals surface area contributed by atoms with Gasteiger partial charge in [-0.2, -0.15) is 0 Å². The van der Waals surface area contributed by atoms with Crippen LogP contribution < -0.4 is 10.6 Å². The predicted molar refractivity (Wildman–Crippen MR) is 136 cm³/mol. The van der Waals surface area contributed by atoms with Crippen LogP contribution in [0.1, 0.15) is 45.2 Å². The minimum atomic E-state index is 0.00997. The van der Waals surface area contributed by atoms with Gasteiger partial charge in [0.2, 0.25) is 0 Å². The van der Waals surface area contributed by atoms with Gasteiger partial charge >= 0.3 is 0 Å². The Labute approximate surface area is 203 Å². The van der Waals surface area contributed by atoms with E-state index in [9.17, 15) is 0 Å². The Morgan fingerprint density at radius 1 is 1.27 bits per heavy atom. The Morgan fingerprint density at radius 3 is 2.79 bits per heavy atom. The summed E-state index contributed by atoms with van der Waals surface area (Å²) >= 11 is 8.31. The Kier molecular flexibility index (Phi) is 6.53. The van der Waals surface area contributed by atoms with Crippen molar-refractivity contribution in [1.82, 2.24) is 19.9 Å². The first kappa shape index (κ1) is 22.9. The van der Waals surface area contributed by atoms with Crippen LogP contribution in [0.2, 0.25) is 5.15 Å². The number of halogens is 1. The number of nitrogens with two attached hydrogens (primary N) is 1. The quantitative estimate of drug-likeness (QED) is 0.516. The van der Waals surface area contributed by atoms with Gasteiger partial charge < -0.3 is 20.4 Å². The van der Waals surface area contributed by atoms with Gasteiger partial charge in [-0.3, -0.25) is 0 Å². The van der Waals surface area contributed by atoms with E-state index in [-0.39, 0.29) is 10.8 Å². The molecule has 0 radical (unpaired) electrons. The fourth-order valence-corrected chi connectivity index (χ4v) is 5.78. The van der Waals surface area contributed by atoms with Crippen molar-refractivity contribution >= 4 is 40.2 Å². The van der Waals surface area contributed by atoms with Crippen molar-refractivity contribution < 1.29 is 4.74 Å². The van der Waals surface area contributed by atoms with Gasteiger partial charge in [0.05, 0.1) is 29.7 Å². The number of aromatic nitrogens is 4. The standard InChI is InChI=1S/C21H24ClN5OS.C3H7N/c1-13-12-28-8-7-27(13)18-11-16(21(2)5-3-9-29-21)24-20(26-18)15-10-17(22)25-19-14(15)4-6-23-19;4-3-1-2-3/h4,6,10-11,13H,3,5,7-9,12H2,1-2H3,(H,23,25);3H,1-2,4H2. The maximum atomic E-state index is 6.32. The fourth-order valence-electron chi connectivity index (χ4n) is 4.31. The van der Waals surface area contributed by atoms with Gasteiger partial charge in [0.15, 0.2) is 5.82 Å². The molecule has 9 heteroatoms. The highest BCUT2D eigenvalue weighted by atomic mass is 35.5. The van der Waals surface area contributed by atoms with Crippen molar-refractivity contribution in [3.8, 4) is 11.4 Å². The maximum absolute atomic E-state index is 6.32. The molecule has 5 heterocycles. The molecule has 2 saturated heterocycles. The Bertz CT molecular complexity index is 1130. The lowest BCUT2D eigenvalue weighted by Crippen LogP contribution is -2.44. The molecular formula is C24H31ClN6OS. The summed E-state index contributed by atoms with van der Waals surface area (Å²) in [4.78, 5) is 19.9. The number of anilines is 1. The van der Waals surface area contributed by atoms with Crippen LogP contribution in [0.5, 0.6) is 0 Å². The van der Waals surface area contributed by atoms with Gasteiger partial charge in [-0.05, 0) is 57.4 Å². The smallest absolute Gasteiger partial charge is 0.162 e. The number of fused-ring (bicyclic) bond motifs is 1. The van der Waals surface area contributed by atoms with E-state index in [0.717, 1.165) is 41.1 Å². The summed E-state index contributed by atoms with van der Waals surface area (Å²) in [5.41, 5.74) is 7.98. The number of H-pyrrole nitrogens is 1. The molecule has 2 aliphatic heterocycles. The number of pyridine rings is 1. The molecule has 3 N–H and O–H groups in total. The highest BCUT2D eigenvalue weighted by Crippen LogP contribution is 2.46. The lowest BCUT2D eigenvalue weighted by molar-refractivity contribution is 0.0985. The average molecular weight is 487 g/mol. The van der Waals surface area contributed by atoms with Crippen LogP contribution in [-0.4, -0.2) is 57.5 Å². The number of rotatable bonds is 3. The largest absolute Gasteiger partial charge is 0.377 e. The van der Waals surface area contributed by atoms with Crippen molar-refractivity contribution in [2.24, 2.45) is 5.73 Å². The van der Waals surface area contributed by atoms with E-state index in [0.29, 0.717) is 30.2 Å². The highest BCUT2D eigenvalue weighted by Gasteiger charge is 2.35. The predicted octanol–water partition coefficient (Wildman–Crippen LogP) is 4.75. The number of thioether (sulfide) groups is 1. The van der Waals surface area contributed by atoms with Gasteiger partial charge in [0.25, 0.3) is 0 Å². The molecular weight excluding hydrogens is 456 g/mol. The summed E-state index contributed by atoms with van der Waals surface area (Å²) in [5.74, 6) is 2.84. The Balaban J connectivity index is 0.000000517. The summed E-state index contributed by atoms with van der Waals surface area (Å²) in [7, 11) is 0. The average Bonchev–Trinajstić information content (AvgIpc) is 3.24. The highest BCUT2D eigenvalue weighted by molar-refractivity contribution is 8.00. The van der Waals surface area contributed by atoms with Crippen LogP contribution in [0.25, 0.3) is 22.4 Å². The first-order valence-corrected chi connectivity index (χ1v) is 13.1. The lowest BCUT2D eigenvalue weighted by Gasteiger charge is -2.35. The molecule has 0 amide bonds. The zero-order valence-corrected chi connectivity index (χ0v) is 20.8. The van der Waals surface area contributed by atoms with Crippen LogP contribution in [0.15, 0.2) is 24.4 Å². The second-order valence-electron chi connectivity index (χ2n) is 9.31. The van der Waals surface area contributed by atoms with Gasteiger partial charge in [-0.15, -0.1) is 11.8 Å². The number of aromatic amines is 1. The van der Waals surface area contributed by atoms with E-state index in [2.05, 4.69) is 34.8 Å². The molecule has 0 spiro atoms. The Hall–Kier alpha value is -1.87. The topological polar surface area (TPSA) is 93.0 Å². The van der Waals surface area contributed by atoms with Crippen LogP contribution in [-0.2, 0) is 9.48 Å². The SMILES string of the molecule is CC1COCCN1c1cc(C2(C)CCCS2)nc(-c2cc(Cl)nc3[nH]ccc23)n1.NC1CC1. The molecule has 3 aromatic heterocycles. The molecule has 3 aliphatic rings. The van der Waals surface area contributed by atoms with E-state index >= 15 is 0 Å². The molecule has 33 heavy (non-hydrogen) atoms. The number of hydrogen-bond acceptors (Lipinski definition) is 7. The lowest BCUT2D eigenvalue weighted by atomic mass is 10.0. The van der Waals surface area contributed by atoms with Gasteiger partial charge in [-0.25, -0.2) is 15.0 Å². The van der Waals surface area contributed by atoms with Crippen LogP contribution in [0, 0.1) is 0 Å². The normalized spacial score (nSPS) is 25.2. The third-order valence-corrected chi connectivity index (χ3v) is 8.23.